The highest BCUT2D eigenvalue weighted by atomic mass is 19.1. The molecule has 2 aromatic rings. The molecule has 0 aliphatic rings. The molecule has 18 heavy (non-hydrogen) atoms. The Hall–Kier alpha value is -1.97. The quantitative estimate of drug-likeness (QED) is 0.783. The minimum atomic E-state index is -0.448. The van der Waals surface area contributed by atoms with Crippen LogP contribution in [-0.2, 0) is 22.4 Å². The summed E-state index contributed by atoms with van der Waals surface area (Å²) >= 11 is 0. The molecule has 0 radical (unpaired) electrons. The Labute approximate surface area is 105 Å². The van der Waals surface area contributed by atoms with Crippen molar-refractivity contribution in [1.82, 2.24) is 4.98 Å². The third-order valence-electron chi connectivity index (χ3n) is 3.01. The van der Waals surface area contributed by atoms with Crippen molar-refractivity contribution >= 4 is 16.7 Å². The molecule has 4 heteroatoms. The molecule has 1 heterocycles. The molecule has 94 valence electrons. The van der Waals surface area contributed by atoms with Gasteiger partial charge in [0.25, 0.3) is 0 Å². The number of aryl methyl sites for hydroxylation is 1. The van der Waals surface area contributed by atoms with Crippen molar-refractivity contribution in [3.8, 4) is 0 Å². The van der Waals surface area contributed by atoms with Crippen LogP contribution in [0.2, 0.25) is 0 Å². The van der Waals surface area contributed by atoms with Crippen LogP contribution in [0.25, 0.3) is 10.8 Å². The monoisotopic (exact) mass is 247 g/mol. The van der Waals surface area contributed by atoms with Gasteiger partial charge in [-0.3, -0.25) is 9.78 Å². The number of carbonyl (C=O) groups excluding carboxylic acids is 1. The Morgan fingerprint density at radius 1 is 1.44 bits per heavy atom. The van der Waals surface area contributed by atoms with E-state index in [1.807, 2.05) is 6.92 Å². The van der Waals surface area contributed by atoms with Crippen LogP contribution in [-0.4, -0.2) is 18.1 Å². The molecule has 0 fully saturated rings. The number of aromatic nitrogens is 1. The topological polar surface area (TPSA) is 39.2 Å². The Morgan fingerprint density at radius 3 is 2.89 bits per heavy atom. The van der Waals surface area contributed by atoms with Crippen molar-refractivity contribution in [3.63, 3.8) is 0 Å². The first-order valence-electron chi connectivity index (χ1n) is 5.78. The van der Waals surface area contributed by atoms with Crippen LogP contribution in [0, 0.1) is 5.82 Å². The lowest BCUT2D eigenvalue weighted by molar-refractivity contribution is -0.139. The van der Waals surface area contributed by atoms with E-state index in [2.05, 4.69) is 9.72 Å². The summed E-state index contributed by atoms with van der Waals surface area (Å²) in [6.07, 6.45) is 3.96. The predicted molar refractivity (Wildman–Crippen MR) is 66.8 cm³/mol. The molecule has 1 aromatic heterocycles. The van der Waals surface area contributed by atoms with E-state index in [1.165, 1.54) is 13.2 Å². The molecule has 0 amide bonds. The number of hydrogen-bond acceptors (Lipinski definition) is 3. The minimum Gasteiger partial charge on any atom is -0.469 e. The number of benzene rings is 1. The maximum atomic E-state index is 14.0. The van der Waals surface area contributed by atoms with Gasteiger partial charge >= 0.3 is 5.97 Å². The van der Waals surface area contributed by atoms with E-state index in [9.17, 15) is 9.18 Å². The van der Waals surface area contributed by atoms with Crippen molar-refractivity contribution in [2.75, 3.05) is 7.11 Å². The largest absolute Gasteiger partial charge is 0.469 e. The number of fused-ring (bicyclic) bond motifs is 1. The molecular weight excluding hydrogens is 233 g/mol. The van der Waals surface area contributed by atoms with Crippen molar-refractivity contribution in [2.24, 2.45) is 0 Å². The average molecular weight is 247 g/mol. The highest BCUT2D eigenvalue weighted by Crippen LogP contribution is 2.26. The standard InChI is InChI=1S/C14H14FNO2/c1-3-9-6-13(15)11(7-14(17)18-2)10-4-5-16-8-12(9)10/h4-6,8H,3,7H2,1-2H3. The zero-order valence-electron chi connectivity index (χ0n) is 10.4. The van der Waals surface area contributed by atoms with Crippen LogP contribution in [0.3, 0.4) is 0 Å². The zero-order chi connectivity index (χ0) is 13.1. The van der Waals surface area contributed by atoms with E-state index >= 15 is 0 Å². The Bertz CT molecular complexity index is 596. The van der Waals surface area contributed by atoms with Gasteiger partial charge in [-0.15, -0.1) is 0 Å². The fourth-order valence-corrected chi connectivity index (χ4v) is 2.05. The van der Waals surface area contributed by atoms with Gasteiger partial charge in [0.2, 0.25) is 0 Å². The van der Waals surface area contributed by atoms with Gasteiger partial charge in [0.1, 0.15) is 5.82 Å². The van der Waals surface area contributed by atoms with Crippen LogP contribution in [0.5, 0.6) is 0 Å². The van der Waals surface area contributed by atoms with E-state index in [4.69, 9.17) is 0 Å². The number of methoxy groups -OCH3 is 1. The van der Waals surface area contributed by atoms with Crippen LogP contribution in [0.1, 0.15) is 18.1 Å². The van der Waals surface area contributed by atoms with Crippen LogP contribution in [0.4, 0.5) is 4.39 Å². The average Bonchev–Trinajstić information content (AvgIpc) is 2.41. The zero-order valence-corrected chi connectivity index (χ0v) is 10.4. The summed E-state index contributed by atoms with van der Waals surface area (Å²) in [6, 6.07) is 3.21. The Kier molecular flexibility index (Phi) is 3.55. The fraction of sp³-hybridized carbons (Fsp3) is 0.286. The summed E-state index contributed by atoms with van der Waals surface area (Å²) in [5, 5.41) is 1.62. The van der Waals surface area contributed by atoms with E-state index < -0.39 is 5.97 Å². The van der Waals surface area contributed by atoms with Crippen molar-refractivity contribution in [2.45, 2.75) is 19.8 Å². The molecule has 0 bridgehead atoms. The maximum absolute atomic E-state index is 14.0. The summed E-state index contributed by atoms with van der Waals surface area (Å²) in [7, 11) is 1.30. The van der Waals surface area contributed by atoms with Crippen molar-refractivity contribution in [1.29, 1.82) is 0 Å². The van der Waals surface area contributed by atoms with Gasteiger partial charge in [-0.2, -0.15) is 0 Å². The van der Waals surface area contributed by atoms with Crippen LogP contribution >= 0.6 is 0 Å². The molecule has 0 saturated carbocycles. The molecule has 2 rings (SSSR count). The molecule has 0 spiro atoms. The van der Waals surface area contributed by atoms with E-state index in [-0.39, 0.29) is 12.2 Å². The number of ether oxygens (including phenoxy) is 1. The number of nitrogens with zero attached hydrogens (tertiary/aromatic N) is 1. The predicted octanol–water partition coefficient (Wildman–Crippen LogP) is 2.65. The first kappa shape index (κ1) is 12.5. The third-order valence-corrected chi connectivity index (χ3v) is 3.01. The van der Waals surface area contributed by atoms with Gasteiger partial charge in [-0.05, 0) is 29.5 Å². The SMILES string of the molecule is CCc1cc(F)c(CC(=O)OC)c2ccncc12. The lowest BCUT2D eigenvalue weighted by atomic mass is 9.97. The van der Waals surface area contributed by atoms with Gasteiger partial charge in [0.15, 0.2) is 0 Å². The van der Waals surface area contributed by atoms with E-state index in [0.717, 1.165) is 22.8 Å². The third kappa shape index (κ3) is 2.18. The second kappa shape index (κ2) is 5.12. The molecule has 0 atom stereocenters. The molecule has 0 aliphatic carbocycles. The summed E-state index contributed by atoms with van der Waals surface area (Å²) < 4.78 is 18.6. The number of halogens is 1. The molecule has 1 aromatic carbocycles. The van der Waals surface area contributed by atoms with Gasteiger partial charge in [0.05, 0.1) is 13.5 Å². The number of carbonyl (C=O) groups is 1. The number of pyridine rings is 1. The minimum absolute atomic E-state index is 0.0627. The molecule has 0 unspecified atom stereocenters. The van der Waals surface area contributed by atoms with E-state index in [1.54, 1.807) is 18.5 Å². The Balaban J connectivity index is 2.65. The summed E-state index contributed by atoms with van der Waals surface area (Å²) in [6.45, 7) is 1.96. The first-order chi connectivity index (χ1) is 8.67. The lowest BCUT2D eigenvalue weighted by Gasteiger charge is -2.10. The van der Waals surface area contributed by atoms with Gasteiger partial charge < -0.3 is 4.74 Å². The summed E-state index contributed by atoms with van der Waals surface area (Å²) in [4.78, 5) is 15.4. The van der Waals surface area contributed by atoms with Crippen molar-refractivity contribution in [3.05, 3.63) is 41.5 Å². The maximum Gasteiger partial charge on any atom is 0.310 e. The lowest BCUT2D eigenvalue weighted by Crippen LogP contribution is -2.07. The molecule has 0 saturated heterocycles. The van der Waals surface area contributed by atoms with Gasteiger partial charge in [-0.1, -0.05) is 6.92 Å². The second-order valence-electron chi connectivity index (χ2n) is 4.02. The highest BCUT2D eigenvalue weighted by molar-refractivity contribution is 5.90. The fourth-order valence-electron chi connectivity index (χ4n) is 2.05. The molecule has 0 aliphatic heterocycles. The number of rotatable bonds is 3. The van der Waals surface area contributed by atoms with Crippen LogP contribution in [0.15, 0.2) is 24.5 Å². The van der Waals surface area contributed by atoms with Crippen molar-refractivity contribution < 1.29 is 13.9 Å². The number of hydrogen-bond donors (Lipinski definition) is 0. The first-order valence-corrected chi connectivity index (χ1v) is 5.78. The highest BCUT2D eigenvalue weighted by Gasteiger charge is 2.14. The van der Waals surface area contributed by atoms with Gasteiger partial charge in [-0.25, -0.2) is 4.39 Å². The van der Waals surface area contributed by atoms with Gasteiger partial charge in [0, 0.05) is 23.3 Å². The smallest absolute Gasteiger partial charge is 0.310 e. The summed E-state index contributed by atoms with van der Waals surface area (Å²) in [5.41, 5.74) is 1.26. The molecular formula is C14H14FNO2. The molecule has 0 N–H and O–H groups in total. The molecule has 3 nitrogen and oxygen atoms in total. The Morgan fingerprint density at radius 2 is 2.22 bits per heavy atom. The normalized spacial score (nSPS) is 10.6. The second-order valence-corrected chi connectivity index (χ2v) is 4.02. The number of esters is 1. The summed E-state index contributed by atoms with van der Waals surface area (Å²) in [5.74, 6) is -0.813. The van der Waals surface area contributed by atoms with Crippen LogP contribution < -0.4 is 0 Å². The van der Waals surface area contributed by atoms with E-state index in [0.29, 0.717) is 5.56 Å².